The van der Waals surface area contributed by atoms with Crippen LogP contribution >= 0.6 is 0 Å². The van der Waals surface area contributed by atoms with E-state index in [0.717, 1.165) is 37.6 Å². The van der Waals surface area contributed by atoms with E-state index in [9.17, 15) is 0 Å². The molecule has 2 heterocycles. The van der Waals surface area contributed by atoms with Crippen molar-refractivity contribution < 1.29 is 4.74 Å². The monoisotopic (exact) mass is 422 g/mol. The molecule has 3 nitrogen and oxygen atoms in total. The van der Waals surface area contributed by atoms with Crippen LogP contribution in [0.15, 0.2) is 91.1 Å². The van der Waals surface area contributed by atoms with Crippen LogP contribution < -0.4 is 4.74 Å². The van der Waals surface area contributed by atoms with Crippen LogP contribution in [0.1, 0.15) is 40.4 Å². The molecule has 0 bridgehead atoms. The molecule has 3 aromatic carbocycles. The summed E-state index contributed by atoms with van der Waals surface area (Å²) in [7, 11) is 0. The number of fused-ring (bicyclic) bond motifs is 1. The highest BCUT2D eigenvalue weighted by atomic mass is 16.5. The molecule has 1 aromatic heterocycles. The first-order valence-corrected chi connectivity index (χ1v) is 11.5. The van der Waals surface area contributed by atoms with Crippen molar-refractivity contribution in [3.63, 3.8) is 0 Å². The number of aryl methyl sites for hydroxylation is 3. The molecule has 4 aromatic rings. The fourth-order valence-electron chi connectivity index (χ4n) is 4.81. The summed E-state index contributed by atoms with van der Waals surface area (Å²) >= 11 is 0. The molecule has 0 spiro atoms. The third-order valence-corrected chi connectivity index (χ3v) is 6.38. The average Bonchev–Trinajstić information content (AvgIpc) is 3.17. The summed E-state index contributed by atoms with van der Waals surface area (Å²) in [6.45, 7) is 7.44. The largest absolute Gasteiger partial charge is 0.457 e. The van der Waals surface area contributed by atoms with E-state index in [4.69, 9.17) is 4.74 Å². The van der Waals surface area contributed by atoms with Crippen molar-refractivity contribution in [2.24, 2.45) is 0 Å². The SMILES string of the molecule is Cc1ccc(CN2CCCn3cccc3C2c2cccc(Oc3ccccc3)c2)c(C)c1. The van der Waals surface area contributed by atoms with Crippen molar-refractivity contribution in [2.45, 2.75) is 39.4 Å². The van der Waals surface area contributed by atoms with Crippen molar-refractivity contribution in [3.05, 3.63) is 119 Å². The third-order valence-electron chi connectivity index (χ3n) is 6.38. The number of ether oxygens (including phenoxy) is 1. The Labute approximate surface area is 190 Å². The maximum absolute atomic E-state index is 6.17. The standard InChI is InChI=1S/C29H30N2O/c1-22-14-15-25(23(2)19-22)21-31-18-8-17-30-16-7-13-28(30)29(31)24-9-6-12-27(20-24)32-26-10-4-3-5-11-26/h3-7,9-16,19-20,29H,8,17-18,21H2,1-2H3. The predicted molar refractivity (Wildman–Crippen MR) is 130 cm³/mol. The van der Waals surface area contributed by atoms with Crippen molar-refractivity contribution in [2.75, 3.05) is 6.54 Å². The van der Waals surface area contributed by atoms with Gasteiger partial charge in [0, 0.05) is 31.5 Å². The van der Waals surface area contributed by atoms with Gasteiger partial charge in [0.25, 0.3) is 0 Å². The maximum Gasteiger partial charge on any atom is 0.127 e. The normalized spacial score (nSPS) is 16.4. The first-order chi connectivity index (χ1) is 15.7. The molecule has 32 heavy (non-hydrogen) atoms. The molecule has 0 N–H and O–H groups in total. The Bertz CT molecular complexity index is 1190. The maximum atomic E-state index is 6.17. The quantitative estimate of drug-likeness (QED) is 0.348. The van der Waals surface area contributed by atoms with Gasteiger partial charge in [-0.25, -0.2) is 0 Å². The highest BCUT2D eigenvalue weighted by molar-refractivity contribution is 5.39. The van der Waals surface area contributed by atoms with Crippen molar-refractivity contribution in [3.8, 4) is 11.5 Å². The third kappa shape index (κ3) is 4.35. The number of nitrogens with zero attached hydrogens (tertiary/aromatic N) is 2. The lowest BCUT2D eigenvalue weighted by molar-refractivity contribution is 0.219. The topological polar surface area (TPSA) is 17.4 Å². The highest BCUT2D eigenvalue weighted by Gasteiger charge is 2.28. The Morgan fingerprint density at radius 3 is 2.50 bits per heavy atom. The van der Waals surface area contributed by atoms with Crippen molar-refractivity contribution >= 4 is 0 Å². The number of rotatable bonds is 5. The molecule has 1 aliphatic heterocycles. The van der Waals surface area contributed by atoms with Crippen molar-refractivity contribution in [1.82, 2.24) is 9.47 Å². The number of hydrogen-bond acceptors (Lipinski definition) is 2. The van der Waals surface area contributed by atoms with Crippen LogP contribution in [0.3, 0.4) is 0 Å². The van der Waals surface area contributed by atoms with E-state index in [2.05, 4.69) is 78.0 Å². The van der Waals surface area contributed by atoms with E-state index in [1.54, 1.807) is 0 Å². The lowest BCUT2D eigenvalue weighted by Crippen LogP contribution is -2.29. The van der Waals surface area contributed by atoms with Gasteiger partial charge in [-0.05, 0) is 73.4 Å². The lowest BCUT2D eigenvalue weighted by Gasteiger charge is -2.31. The number of aromatic nitrogens is 1. The summed E-state index contributed by atoms with van der Waals surface area (Å²) in [5.41, 5.74) is 6.70. The minimum Gasteiger partial charge on any atom is -0.457 e. The summed E-state index contributed by atoms with van der Waals surface area (Å²) in [5, 5.41) is 0. The molecular formula is C29H30N2O. The molecule has 1 atom stereocenters. The number of hydrogen-bond donors (Lipinski definition) is 0. The smallest absolute Gasteiger partial charge is 0.127 e. The van der Waals surface area contributed by atoms with Gasteiger partial charge in [-0.15, -0.1) is 0 Å². The van der Waals surface area contributed by atoms with Crippen LogP contribution in [0.2, 0.25) is 0 Å². The van der Waals surface area contributed by atoms with Crippen LogP contribution in [0, 0.1) is 13.8 Å². The van der Waals surface area contributed by atoms with Crippen LogP contribution in [0.4, 0.5) is 0 Å². The summed E-state index contributed by atoms with van der Waals surface area (Å²) in [5.74, 6) is 1.74. The Balaban J connectivity index is 1.51. The van der Waals surface area contributed by atoms with Gasteiger partial charge in [0.2, 0.25) is 0 Å². The van der Waals surface area contributed by atoms with E-state index in [1.807, 2.05) is 36.4 Å². The van der Waals surface area contributed by atoms with Crippen LogP contribution in [-0.4, -0.2) is 16.0 Å². The zero-order chi connectivity index (χ0) is 21.9. The zero-order valence-corrected chi connectivity index (χ0v) is 18.9. The molecule has 1 aliphatic rings. The number of benzene rings is 3. The second-order valence-electron chi connectivity index (χ2n) is 8.77. The Kier molecular flexibility index (Phi) is 5.83. The number of para-hydroxylation sites is 1. The van der Waals surface area contributed by atoms with Crippen LogP contribution in [-0.2, 0) is 13.1 Å². The minimum absolute atomic E-state index is 0.188. The average molecular weight is 423 g/mol. The first-order valence-electron chi connectivity index (χ1n) is 11.5. The second-order valence-corrected chi connectivity index (χ2v) is 8.77. The van der Waals surface area contributed by atoms with Gasteiger partial charge in [-0.3, -0.25) is 4.90 Å². The first kappa shape index (κ1) is 20.6. The Morgan fingerprint density at radius 2 is 1.66 bits per heavy atom. The molecule has 0 radical (unpaired) electrons. The predicted octanol–water partition coefficient (Wildman–Crippen LogP) is 6.89. The van der Waals surface area contributed by atoms with E-state index in [0.29, 0.717) is 0 Å². The molecule has 3 heteroatoms. The minimum atomic E-state index is 0.188. The van der Waals surface area contributed by atoms with Crippen LogP contribution in [0.25, 0.3) is 0 Å². The summed E-state index contributed by atoms with van der Waals surface area (Å²) in [6.07, 6.45) is 3.36. The molecule has 1 unspecified atom stereocenters. The highest BCUT2D eigenvalue weighted by Crippen LogP contribution is 2.35. The molecule has 5 rings (SSSR count). The summed E-state index contributed by atoms with van der Waals surface area (Å²) in [6, 6.07) is 30.0. The molecule has 0 amide bonds. The van der Waals surface area contributed by atoms with Gasteiger partial charge in [-0.2, -0.15) is 0 Å². The molecule has 162 valence electrons. The van der Waals surface area contributed by atoms with Crippen molar-refractivity contribution in [1.29, 1.82) is 0 Å². The van der Waals surface area contributed by atoms with Gasteiger partial charge >= 0.3 is 0 Å². The fourth-order valence-corrected chi connectivity index (χ4v) is 4.81. The van der Waals surface area contributed by atoms with Gasteiger partial charge in [0.1, 0.15) is 11.5 Å². The molecule has 0 saturated carbocycles. The van der Waals surface area contributed by atoms with Gasteiger partial charge in [-0.1, -0.05) is 54.1 Å². The van der Waals surface area contributed by atoms with Gasteiger partial charge < -0.3 is 9.30 Å². The molecule has 0 saturated heterocycles. The molecule has 0 fully saturated rings. The van der Waals surface area contributed by atoms with E-state index in [1.165, 1.54) is 27.9 Å². The fraction of sp³-hybridized carbons (Fsp3) is 0.241. The lowest BCUT2D eigenvalue weighted by atomic mass is 9.99. The van der Waals surface area contributed by atoms with E-state index < -0.39 is 0 Å². The van der Waals surface area contributed by atoms with E-state index in [-0.39, 0.29) is 6.04 Å². The summed E-state index contributed by atoms with van der Waals surface area (Å²) < 4.78 is 8.59. The zero-order valence-electron chi connectivity index (χ0n) is 18.9. The van der Waals surface area contributed by atoms with Gasteiger partial charge in [0.15, 0.2) is 0 Å². The molecule has 0 aliphatic carbocycles. The molecular weight excluding hydrogens is 392 g/mol. The van der Waals surface area contributed by atoms with Gasteiger partial charge in [0.05, 0.1) is 6.04 Å². The van der Waals surface area contributed by atoms with Crippen LogP contribution in [0.5, 0.6) is 11.5 Å². The van der Waals surface area contributed by atoms with E-state index >= 15 is 0 Å². The summed E-state index contributed by atoms with van der Waals surface area (Å²) in [4.78, 5) is 2.62. The Morgan fingerprint density at radius 1 is 0.812 bits per heavy atom. The second kappa shape index (κ2) is 9.05. The Hall–Kier alpha value is -3.30.